The maximum Gasteiger partial charge on any atom is 0.586 e. The minimum Gasteiger partial charge on any atom is -0.395 e. The van der Waals surface area contributed by atoms with Gasteiger partial charge in [0.05, 0.1) is 34.3 Å². The molecule has 1 atom stereocenters. The van der Waals surface area contributed by atoms with E-state index in [0.717, 1.165) is 0 Å². The van der Waals surface area contributed by atoms with Crippen LogP contribution in [0.2, 0.25) is 0 Å². The fourth-order valence-electron chi connectivity index (χ4n) is 4.71. The zero-order chi connectivity index (χ0) is 31.2. The minimum absolute atomic E-state index is 0.00167. The van der Waals surface area contributed by atoms with Crippen molar-refractivity contribution < 1.29 is 44.5 Å². The topological polar surface area (TPSA) is 80.9 Å². The minimum atomic E-state index is -3.84. The van der Waals surface area contributed by atoms with Crippen LogP contribution < -0.4 is 9.47 Å². The van der Waals surface area contributed by atoms with E-state index < -0.39 is 78.4 Å². The number of ketones is 1. The average molecular weight is 523 g/mol. The molecule has 1 fully saturated rings. The summed E-state index contributed by atoms with van der Waals surface area (Å²) >= 11 is 0. The molecule has 3 aromatic rings. The normalized spacial score (nSPS) is 20.6. The lowest BCUT2D eigenvalue weighted by Crippen LogP contribution is -2.26. The number of Topliss-reactive ketones (excluding diaryl/α,β-unsaturated/α-hetero) is 1. The van der Waals surface area contributed by atoms with Crippen LogP contribution in [-0.4, -0.2) is 39.6 Å². The van der Waals surface area contributed by atoms with Crippen LogP contribution in [-0.2, 0) is 28.6 Å². The molecule has 0 bridgehead atoms. The Kier molecular flexibility index (Phi) is 4.74. The first-order chi connectivity index (χ1) is 19.4. The first-order valence-electron chi connectivity index (χ1n) is 14.4. The Morgan fingerprint density at radius 1 is 1.24 bits per heavy atom. The summed E-state index contributed by atoms with van der Waals surface area (Å²) in [4.78, 5) is 13.6. The lowest BCUT2D eigenvalue weighted by molar-refractivity contribution is -0.286. The first kappa shape index (κ1) is 20.0. The van der Waals surface area contributed by atoms with Gasteiger partial charge in [0.2, 0.25) is 0 Å². The quantitative estimate of drug-likeness (QED) is 0.414. The summed E-state index contributed by atoms with van der Waals surface area (Å²) in [5, 5.41) is 19.5. The van der Waals surface area contributed by atoms with Crippen molar-refractivity contribution in [1.82, 2.24) is 4.57 Å². The Labute approximate surface area is 219 Å². The van der Waals surface area contributed by atoms with Crippen molar-refractivity contribution in [3.63, 3.8) is 0 Å². The summed E-state index contributed by atoms with van der Waals surface area (Å²) in [6.07, 6.45) is -7.09. The second kappa shape index (κ2) is 8.77. The number of nitrogens with zero attached hydrogens (tertiary/aromatic N) is 1. The Hall–Kier alpha value is -3.04. The van der Waals surface area contributed by atoms with Gasteiger partial charge in [0.25, 0.3) is 0 Å². The summed E-state index contributed by atoms with van der Waals surface area (Å²) in [5.74, 6) is -2.12. The molecule has 2 aliphatic rings. The van der Waals surface area contributed by atoms with Crippen molar-refractivity contribution in [3.8, 4) is 11.5 Å². The second-order valence-corrected chi connectivity index (χ2v) is 10.1. The van der Waals surface area contributed by atoms with E-state index in [-0.39, 0.29) is 34.1 Å². The van der Waals surface area contributed by atoms with Gasteiger partial charge in [0.15, 0.2) is 11.5 Å². The molecule has 0 spiro atoms. The Balaban J connectivity index is 1.61. The standard InChI is InChI=1S/C28H30F3NO5/c1-4-26(2,3)24-10-17-9-16(20(29)13-21(17)32(24)14-19(34)15-33)11-25(35)27(7-8-27)18-5-6-22-23(12-18)37-28(30,31)36-22/h5-6,9-10,12-13,19,33-34H,4,7-8,11,14-15H2,1-3H3/t19-/m1/s1/i4D2,9D,10D,13D. The van der Waals surface area contributed by atoms with Gasteiger partial charge in [0, 0.05) is 25.7 Å². The van der Waals surface area contributed by atoms with Crippen LogP contribution >= 0.6 is 0 Å². The monoisotopic (exact) mass is 522 g/mol. The molecule has 6 nitrogen and oxygen atoms in total. The number of carbonyl (C=O) groups is 1. The van der Waals surface area contributed by atoms with Crippen molar-refractivity contribution in [2.45, 2.75) is 76.2 Å². The van der Waals surface area contributed by atoms with Crippen LogP contribution in [0.25, 0.3) is 10.9 Å². The maximum absolute atomic E-state index is 15.9. The van der Waals surface area contributed by atoms with Crippen LogP contribution in [0.3, 0.4) is 0 Å². The van der Waals surface area contributed by atoms with E-state index in [1.165, 1.54) is 43.5 Å². The molecule has 2 heterocycles. The molecule has 0 unspecified atom stereocenters. The van der Waals surface area contributed by atoms with Gasteiger partial charge >= 0.3 is 6.29 Å². The van der Waals surface area contributed by atoms with E-state index in [1.807, 2.05) is 0 Å². The van der Waals surface area contributed by atoms with E-state index in [2.05, 4.69) is 9.47 Å². The zero-order valence-corrected chi connectivity index (χ0v) is 20.5. The highest BCUT2D eigenvalue weighted by Crippen LogP contribution is 2.52. The molecule has 37 heavy (non-hydrogen) atoms. The Bertz CT molecular complexity index is 1610. The van der Waals surface area contributed by atoms with Gasteiger partial charge in [-0.1, -0.05) is 26.8 Å². The number of hydrogen-bond acceptors (Lipinski definition) is 5. The Morgan fingerprint density at radius 2 is 1.95 bits per heavy atom. The lowest BCUT2D eigenvalue weighted by atomic mass is 9.86. The molecule has 2 aromatic carbocycles. The third-order valence-corrected chi connectivity index (χ3v) is 7.19. The van der Waals surface area contributed by atoms with E-state index in [9.17, 15) is 23.8 Å². The maximum atomic E-state index is 15.9. The second-order valence-electron chi connectivity index (χ2n) is 10.1. The van der Waals surface area contributed by atoms with Gasteiger partial charge in [-0.25, -0.2) is 4.39 Å². The first-order valence-corrected chi connectivity index (χ1v) is 11.9. The number of halogens is 3. The molecule has 9 heteroatoms. The van der Waals surface area contributed by atoms with Crippen molar-refractivity contribution >= 4 is 16.7 Å². The molecular weight excluding hydrogens is 487 g/mol. The van der Waals surface area contributed by atoms with Gasteiger partial charge < -0.3 is 24.3 Å². The summed E-state index contributed by atoms with van der Waals surface area (Å²) in [5.41, 5.74) is -2.84. The molecule has 1 aliphatic carbocycles. The Morgan fingerprint density at radius 3 is 2.59 bits per heavy atom. The molecule has 0 amide bonds. The van der Waals surface area contributed by atoms with Crippen molar-refractivity contribution in [2.24, 2.45) is 0 Å². The van der Waals surface area contributed by atoms with Crippen LogP contribution in [0.15, 0.2) is 36.3 Å². The number of carbonyl (C=O) groups excluding carboxylic acids is 1. The van der Waals surface area contributed by atoms with E-state index in [1.54, 1.807) is 0 Å². The van der Waals surface area contributed by atoms with Crippen molar-refractivity contribution in [1.29, 1.82) is 0 Å². The number of alkyl halides is 2. The molecule has 2 N–H and O–H groups in total. The van der Waals surface area contributed by atoms with E-state index in [4.69, 9.17) is 6.85 Å². The molecule has 0 radical (unpaired) electrons. The van der Waals surface area contributed by atoms with E-state index in [0.29, 0.717) is 18.4 Å². The van der Waals surface area contributed by atoms with Gasteiger partial charge in [-0.3, -0.25) is 4.79 Å². The fourth-order valence-corrected chi connectivity index (χ4v) is 4.71. The third-order valence-electron chi connectivity index (χ3n) is 7.19. The number of ether oxygens (including phenoxy) is 2. The van der Waals surface area contributed by atoms with Crippen molar-refractivity contribution in [3.05, 3.63) is 59.0 Å². The summed E-state index contributed by atoms with van der Waals surface area (Å²) in [7, 11) is 0. The molecule has 5 rings (SSSR count). The predicted molar refractivity (Wildman–Crippen MR) is 131 cm³/mol. The number of fused-ring (bicyclic) bond motifs is 2. The average Bonchev–Trinajstić information content (AvgIpc) is 3.56. The number of hydrogen-bond donors (Lipinski definition) is 2. The third kappa shape index (κ3) is 4.48. The molecule has 1 saturated carbocycles. The molecule has 1 aliphatic heterocycles. The van der Waals surface area contributed by atoms with Crippen molar-refractivity contribution in [2.75, 3.05) is 6.61 Å². The van der Waals surface area contributed by atoms with Gasteiger partial charge in [-0.2, -0.15) is 0 Å². The predicted octanol–water partition coefficient (Wildman–Crippen LogP) is 4.99. The van der Waals surface area contributed by atoms with Gasteiger partial charge in [-0.15, -0.1) is 8.78 Å². The number of aliphatic hydroxyl groups is 2. The smallest absolute Gasteiger partial charge is 0.395 e. The van der Waals surface area contributed by atoms with Gasteiger partial charge in [-0.05, 0) is 60.6 Å². The number of rotatable bonds is 9. The summed E-state index contributed by atoms with van der Waals surface area (Å²) < 4.78 is 96.2. The number of aromatic nitrogens is 1. The highest BCUT2D eigenvalue weighted by Gasteiger charge is 2.52. The highest BCUT2D eigenvalue weighted by atomic mass is 19.3. The molecule has 0 saturated heterocycles. The fraction of sp³-hybridized carbons (Fsp3) is 0.464. The van der Waals surface area contributed by atoms with Gasteiger partial charge in [0.1, 0.15) is 11.6 Å². The van der Waals surface area contributed by atoms with Crippen LogP contribution in [0.5, 0.6) is 11.5 Å². The lowest BCUT2D eigenvalue weighted by Gasteiger charge is -2.26. The van der Waals surface area contributed by atoms with E-state index >= 15 is 4.39 Å². The summed E-state index contributed by atoms with van der Waals surface area (Å²) in [6, 6.07) is 2.37. The molecule has 1 aromatic heterocycles. The molecular formula is C28H30F3NO5. The largest absolute Gasteiger partial charge is 0.586 e. The zero-order valence-electron chi connectivity index (χ0n) is 25.5. The van der Waals surface area contributed by atoms with Crippen LogP contribution in [0, 0.1) is 5.82 Å². The SMILES string of the molecule is [2H]c1c(CC(=O)C2(c3ccc4c(c3)OC(F)(F)O4)CC2)c(F)c([2H])c2c1c([2H])c(C(C)(C)C([2H])([2H])C)n2C[C@@H](O)CO. The van der Waals surface area contributed by atoms with Crippen LogP contribution in [0.1, 0.15) is 63.7 Å². The summed E-state index contributed by atoms with van der Waals surface area (Å²) in [6.45, 7) is 3.22. The molecule has 198 valence electrons. The number of benzene rings is 2. The van der Waals surface area contributed by atoms with Crippen LogP contribution in [0.4, 0.5) is 13.2 Å². The highest BCUT2D eigenvalue weighted by molar-refractivity contribution is 5.95. The number of aliphatic hydroxyl groups excluding tert-OH is 2.